The van der Waals surface area contributed by atoms with Crippen LogP contribution in [0.4, 0.5) is 10.5 Å². The topological polar surface area (TPSA) is 84.7 Å². The second-order valence-electron chi connectivity index (χ2n) is 6.41. The first kappa shape index (κ1) is 15.7. The summed E-state index contributed by atoms with van der Waals surface area (Å²) < 4.78 is 10.7. The molecule has 1 unspecified atom stereocenters. The molecule has 0 saturated carbocycles. The number of carbonyl (C=O) groups is 2. The molecule has 2 heterocycles. The Hall–Kier alpha value is -2.83. The third-order valence-electron chi connectivity index (χ3n) is 4.64. The van der Waals surface area contributed by atoms with E-state index in [4.69, 9.17) is 9.26 Å². The Morgan fingerprint density at radius 3 is 3.08 bits per heavy atom. The molecule has 1 fully saturated rings. The SMILES string of the molecule is CC(=O)NCC1CN(c2ccc3c(c2)-c2cnoc2CCC3)C(=O)O1. The summed E-state index contributed by atoms with van der Waals surface area (Å²) in [6.07, 6.45) is 3.85. The molecule has 130 valence electrons. The van der Waals surface area contributed by atoms with Gasteiger partial charge in [-0.05, 0) is 36.1 Å². The predicted octanol–water partition coefficient (Wildman–Crippen LogP) is 2.29. The maximum Gasteiger partial charge on any atom is 0.414 e. The Bertz CT molecular complexity index is 829. The number of aryl methyl sites for hydroxylation is 2. The van der Waals surface area contributed by atoms with Crippen LogP contribution in [-0.4, -0.2) is 36.4 Å². The zero-order valence-corrected chi connectivity index (χ0v) is 13.9. The van der Waals surface area contributed by atoms with Crippen molar-refractivity contribution in [3.05, 3.63) is 35.7 Å². The Morgan fingerprint density at radius 1 is 1.36 bits per heavy atom. The fraction of sp³-hybridized carbons (Fsp3) is 0.389. The molecule has 0 radical (unpaired) electrons. The van der Waals surface area contributed by atoms with Crippen LogP contribution in [0.3, 0.4) is 0 Å². The van der Waals surface area contributed by atoms with Crippen LogP contribution in [-0.2, 0) is 22.4 Å². The smallest absolute Gasteiger partial charge is 0.414 e. The van der Waals surface area contributed by atoms with Crippen LogP contribution in [0.5, 0.6) is 0 Å². The Morgan fingerprint density at radius 2 is 2.24 bits per heavy atom. The maximum absolute atomic E-state index is 12.2. The van der Waals surface area contributed by atoms with E-state index in [1.807, 2.05) is 12.1 Å². The molecule has 1 N–H and O–H groups in total. The lowest BCUT2D eigenvalue weighted by atomic mass is 9.99. The zero-order valence-electron chi connectivity index (χ0n) is 13.9. The maximum atomic E-state index is 12.2. The van der Waals surface area contributed by atoms with Gasteiger partial charge >= 0.3 is 6.09 Å². The van der Waals surface area contributed by atoms with Crippen molar-refractivity contribution in [3.8, 4) is 11.1 Å². The number of cyclic esters (lactones) is 1. The van der Waals surface area contributed by atoms with Crippen molar-refractivity contribution < 1.29 is 18.8 Å². The Kier molecular flexibility index (Phi) is 3.91. The molecule has 25 heavy (non-hydrogen) atoms. The second-order valence-corrected chi connectivity index (χ2v) is 6.41. The van der Waals surface area contributed by atoms with Crippen molar-refractivity contribution in [1.29, 1.82) is 0 Å². The number of rotatable bonds is 3. The number of anilines is 1. The molecular weight excluding hydrogens is 322 g/mol. The number of benzene rings is 1. The van der Waals surface area contributed by atoms with Gasteiger partial charge in [0.2, 0.25) is 5.91 Å². The van der Waals surface area contributed by atoms with E-state index >= 15 is 0 Å². The van der Waals surface area contributed by atoms with Gasteiger partial charge in [0.15, 0.2) is 0 Å². The molecule has 1 atom stereocenters. The van der Waals surface area contributed by atoms with Crippen molar-refractivity contribution in [1.82, 2.24) is 10.5 Å². The molecule has 2 aliphatic rings. The minimum atomic E-state index is -0.394. The van der Waals surface area contributed by atoms with E-state index in [-0.39, 0.29) is 12.0 Å². The molecule has 4 rings (SSSR count). The van der Waals surface area contributed by atoms with Crippen LogP contribution in [0.25, 0.3) is 11.1 Å². The molecule has 1 aromatic heterocycles. The first-order chi connectivity index (χ1) is 12.1. The molecule has 2 aromatic rings. The molecule has 0 spiro atoms. The Balaban J connectivity index is 1.61. The molecule has 2 amide bonds. The molecule has 0 bridgehead atoms. The van der Waals surface area contributed by atoms with E-state index in [2.05, 4.69) is 16.5 Å². The molecule has 1 aliphatic heterocycles. The van der Waals surface area contributed by atoms with Crippen molar-refractivity contribution in [2.75, 3.05) is 18.0 Å². The molecule has 1 aliphatic carbocycles. The summed E-state index contributed by atoms with van der Waals surface area (Å²) in [7, 11) is 0. The fourth-order valence-electron chi connectivity index (χ4n) is 3.40. The molecule has 1 aromatic carbocycles. The first-order valence-electron chi connectivity index (χ1n) is 8.41. The summed E-state index contributed by atoms with van der Waals surface area (Å²) in [4.78, 5) is 24.9. The lowest BCUT2D eigenvalue weighted by Crippen LogP contribution is -2.33. The lowest BCUT2D eigenvalue weighted by molar-refractivity contribution is -0.119. The summed E-state index contributed by atoms with van der Waals surface area (Å²) in [5.74, 6) is 0.753. The van der Waals surface area contributed by atoms with Crippen LogP contribution >= 0.6 is 0 Å². The van der Waals surface area contributed by atoms with Crippen LogP contribution in [0.1, 0.15) is 24.7 Å². The molecule has 1 saturated heterocycles. The number of fused-ring (bicyclic) bond motifs is 3. The fourth-order valence-corrected chi connectivity index (χ4v) is 3.40. The summed E-state index contributed by atoms with van der Waals surface area (Å²) in [5.41, 5.74) is 4.07. The monoisotopic (exact) mass is 341 g/mol. The summed E-state index contributed by atoms with van der Waals surface area (Å²) in [6.45, 7) is 2.17. The van der Waals surface area contributed by atoms with Crippen molar-refractivity contribution in [3.63, 3.8) is 0 Å². The van der Waals surface area contributed by atoms with Crippen molar-refractivity contribution in [2.45, 2.75) is 32.3 Å². The number of nitrogens with one attached hydrogen (secondary N) is 1. The van der Waals surface area contributed by atoms with Gasteiger partial charge in [-0.1, -0.05) is 11.2 Å². The van der Waals surface area contributed by atoms with Gasteiger partial charge in [-0.3, -0.25) is 9.69 Å². The van der Waals surface area contributed by atoms with Crippen molar-refractivity contribution in [2.24, 2.45) is 0 Å². The van der Waals surface area contributed by atoms with Crippen molar-refractivity contribution >= 4 is 17.7 Å². The summed E-state index contributed by atoms with van der Waals surface area (Å²) in [6, 6.07) is 6.00. The van der Waals surface area contributed by atoms with Gasteiger partial charge in [0.1, 0.15) is 11.9 Å². The van der Waals surface area contributed by atoms with Gasteiger partial charge in [0.25, 0.3) is 0 Å². The number of amides is 2. The number of carbonyl (C=O) groups excluding carboxylic acids is 2. The van der Waals surface area contributed by atoms with Gasteiger partial charge in [-0.15, -0.1) is 0 Å². The molecule has 7 heteroatoms. The normalized spacial score (nSPS) is 19.0. The third kappa shape index (κ3) is 2.97. The van der Waals surface area contributed by atoms with E-state index in [9.17, 15) is 9.59 Å². The van der Waals surface area contributed by atoms with Gasteiger partial charge in [0, 0.05) is 24.6 Å². The lowest BCUT2D eigenvalue weighted by Gasteiger charge is -2.16. The van der Waals surface area contributed by atoms with E-state index in [1.165, 1.54) is 12.5 Å². The largest absolute Gasteiger partial charge is 0.442 e. The second kappa shape index (κ2) is 6.23. The van der Waals surface area contributed by atoms with E-state index in [1.54, 1.807) is 11.1 Å². The van der Waals surface area contributed by atoms with E-state index < -0.39 is 6.09 Å². The highest BCUT2D eigenvalue weighted by molar-refractivity contribution is 5.91. The van der Waals surface area contributed by atoms with E-state index in [0.717, 1.165) is 41.8 Å². The average molecular weight is 341 g/mol. The standard InChI is InChI=1S/C18H19N3O4/c1-11(22)19-8-14-10-21(18(23)24-14)13-6-5-12-3-2-4-17-16(9-20-25-17)15(12)7-13/h5-7,9,14H,2-4,8,10H2,1H3,(H,19,22). The highest BCUT2D eigenvalue weighted by Gasteiger charge is 2.33. The highest BCUT2D eigenvalue weighted by Crippen LogP contribution is 2.35. The van der Waals surface area contributed by atoms with E-state index in [0.29, 0.717) is 13.1 Å². The van der Waals surface area contributed by atoms with Crippen LogP contribution in [0, 0.1) is 0 Å². The number of hydrogen-bond acceptors (Lipinski definition) is 5. The summed E-state index contributed by atoms with van der Waals surface area (Å²) in [5, 5.41) is 6.60. The number of ether oxygens (including phenoxy) is 1. The summed E-state index contributed by atoms with van der Waals surface area (Å²) >= 11 is 0. The van der Waals surface area contributed by atoms with Gasteiger partial charge in [0.05, 0.1) is 19.3 Å². The number of hydrogen-bond donors (Lipinski definition) is 1. The predicted molar refractivity (Wildman–Crippen MR) is 90.3 cm³/mol. The van der Waals surface area contributed by atoms with Crippen LogP contribution < -0.4 is 10.2 Å². The average Bonchev–Trinajstić information content (AvgIpc) is 3.16. The first-order valence-corrected chi connectivity index (χ1v) is 8.41. The molecule has 7 nitrogen and oxygen atoms in total. The number of aromatic nitrogens is 1. The zero-order chi connectivity index (χ0) is 17.4. The third-order valence-corrected chi connectivity index (χ3v) is 4.64. The van der Waals surface area contributed by atoms with Crippen LogP contribution in [0.2, 0.25) is 0 Å². The highest BCUT2D eigenvalue weighted by atomic mass is 16.6. The van der Waals surface area contributed by atoms with Gasteiger partial charge in [-0.25, -0.2) is 4.79 Å². The minimum Gasteiger partial charge on any atom is -0.442 e. The number of nitrogens with zero attached hydrogens (tertiary/aromatic N) is 2. The van der Waals surface area contributed by atoms with Crippen LogP contribution in [0.15, 0.2) is 28.9 Å². The Labute approximate surface area is 144 Å². The van der Waals surface area contributed by atoms with Gasteiger partial charge < -0.3 is 14.6 Å². The molecular formula is C18H19N3O4. The van der Waals surface area contributed by atoms with Gasteiger partial charge in [-0.2, -0.15) is 0 Å². The quantitative estimate of drug-likeness (QED) is 0.926. The minimum absolute atomic E-state index is 0.139.